The monoisotopic (exact) mass is 708 g/mol. The van der Waals surface area contributed by atoms with E-state index >= 15 is 0 Å². The number of hydrogen-bond donors (Lipinski definition) is 0. The molecule has 260 valence electrons. The predicted octanol–water partition coefficient (Wildman–Crippen LogP) is 14.2. The Balaban J connectivity index is 0.901. The van der Waals surface area contributed by atoms with Gasteiger partial charge in [0.1, 0.15) is 0 Å². The average Bonchev–Trinajstić information content (AvgIpc) is 3.22. The molecular formula is C56H36. The van der Waals surface area contributed by atoms with E-state index in [1.807, 2.05) is 0 Å². The van der Waals surface area contributed by atoms with Crippen LogP contribution in [0.3, 0.4) is 0 Å². The lowest BCUT2D eigenvalue weighted by Crippen LogP contribution is -1.83. The van der Waals surface area contributed by atoms with Crippen molar-refractivity contribution in [3.63, 3.8) is 0 Å². The van der Waals surface area contributed by atoms with Crippen LogP contribution in [0.5, 0.6) is 0 Å². The highest BCUT2D eigenvalue weighted by atomic mass is 14.1. The first kappa shape index (κ1) is 33.2. The molecule has 0 saturated heterocycles. The summed E-state index contributed by atoms with van der Waals surface area (Å²) in [5.41, 5.74) is 8.97. The van der Waals surface area contributed by atoms with Crippen LogP contribution in [-0.4, -0.2) is 0 Å². The fourth-order valence-electron chi connectivity index (χ4n) is 7.65. The van der Waals surface area contributed by atoms with Crippen molar-refractivity contribution in [2.45, 2.75) is 13.8 Å². The first-order valence-corrected chi connectivity index (χ1v) is 19.1. The van der Waals surface area contributed by atoms with Crippen molar-refractivity contribution in [1.29, 1.82) is 0 Å². The van der Waals surface area contributed by atoms with Crippen LogP contribution >= 0.6 is 0 Å². The van der Waals surface area contributed by atoms with Gasteiger partial charge in [-0.25, -0.2) is 0 Å². The van der Waals surface area contributed by atoms with Crippen LogP contribution in [0.2, 0.25) is 0 Å². The normalized spacial score (nSPS) is 11.4. The summed E-state index contributed by atoms with van der Waals surface area (Å²) in [4.78, 5) is 0. The molecule has 0 saturated carbocycles. The Hall–Kier alpha value is -7.38. The zero-order chi connectivity index (χ0) is 37.6. The standard InChI is InChI=1S/C56H36/c1-37-3-7-39(8-4-37)11-13-41-17-21-45-29-55-35-51-27-43(19-23-47(51)31-53(55)33-49(45)25-41)15-16-44-20-24-48-32-54-34-50-26-42(14-12-40-9-5-38(2)6-10-40)18-22-46(50)30-56(54)36-52(48)28-44/h3-10,15-36H,1-2H3. The van der Waals surface area contributed by atoms with Gasteiger partial charge in [-0.1, -0.05) is 108 Å². The molecule has 0 fully saturated rings. The molecule has 0 aliphatic heterocycles. The van der Waals surface area contributed by atoms with E-state index in [-0.39, 0.29) is 0 Å². The van der Waals surface area contributed by atoms with Gasteiger partial charge in [-0.15, -0.1) is 0 Å². The van der Waals surface area contributed by atoms with Gasteiger partial charge in [0.05, 0.1) is 0 Å². The molecule has 0 atom stereocenters. The Morgan fingerprint density at radius 1 is 0.250 bits per heavy atom. The van der Waals surface area contributed by atoms with Crippen molar-refractivity contribution in [2.75, 3.05) is 0 Å². The van der Waals surface area contributed by atoms with E-state index in [9.17, 15) is 0 Å². The quantitative estimate of drug-likeness (QED) is 0.0953. The largest absolute Gasteiger partial charge is 0.0617 e. The van der Waals surface area contributed by atoms with E-state index in [4.69, 9.17) is 0 Å². The Morgan fingerprint density at radius 2 is 0.518 bits per heavy atom. The number of benzene rings is 10. The van der Waals surface area contributed by atoms with Gasteiger partial charge in [-0.2, -0.15) is 0 Å². The molecule has 56 heavy (non-hydrogen) atoms. The lowest BCUT2D eigenvalue weighted by molar-refractivity contribution is 1.46. The van der Waals surface area contributed by atoms with E-state index in [0.29, 0.717) is 0 Å². The maximum atomic E-state index is 3.35. The minimum Gasteiger partial charge on any atom is -0.0617 e. The zero-order valence-electron chi connectivity index (χ0n) is 31.3. The number of fused-ring (bicyclic) bond motifs is 6. The average molecular weight is 709 g/mol. The Morgan fingerprint density at radius 3 is 0.893 bits per heavy atom. The molecule has 0 nitrogen and oxygen atoms in total. The number of aryl methyl sites for hydroxylation is 2. The SMILES string of the molecule is Cc1ccc(C#Cc2ccc3cc4cc5cc(C=Cc6ccc7cc8cc9cc(C#Cc%10ccc(C)cc%10)ccc9cc8cc7c6)ccc5cc4cc3c2)cc1. The summed E-state index contributed by atoms with van der Waals surface area (Å²) in [7, 11) is 0. The Labute approximate surface area is 327 Å². The summed E-state index contributed by atoms with van der Waals surface area (Å²) in [6, 6.07) is 61.6. The molecule has 10 aromatic rings. The van der Waals surface area contributed by atoms with Crippen LogP contribution in [0.1, 0.15) is 44.5 Å². The van der Waals surface area contributed by atoms with Crippen molar-refractivity contribution in [2.24, 2.45) is 0 Å². The highest BCUT2D eigenvalue weighted by molar-refractivity contribution is 6.07. The molecule has 0 heteroatoms. The molecule has 10 aromatic carbocycles. The van der Waals surface area contributed by atoms with E-state index in [1.165, 1.54) is 86.9 Å². The summed E-state index contributed by atoms with van der Waals surface area (Å²) >= 11 is 0. The van der Waals surface area contributed by atoms with Crippen LogP contribution in [0.4, 0.5) is 0 Å². The number of rotatable bonds is 2. The lowest BCUT2D eigenvalue weighted by Gasteiger charge is -2.07. The lowest BCUT2D eigenvalue weighted by atomic mass is 9.97. The molecule has 0 aromatic heterocycles. The second-order valence-electron chi connectivity index (χ2n) is 15.0. The van der Waals surface area contributed by atoms with Gasteiger partial charge < -0.3 is 0 Å². The first-order valence-electron chi connectivity index (χ1n) is 19.1. The topological polar surface area (TPSA) is 0 Å². The van der Waals surface area contributed by atoms with Gasteiger partial charge in [-0.3, -0.25) is 0 Å². The van der Waals surface area contributed by atoms with Crippen molar-refractivity contribution < 1.29 is 0 Å². The third kappa shape index (κ3) is 6.78. The van der Waals surface area contributed by atoms with Crippen LogP contribution in [0.25, 0.3) is 76.8 Å². The fraction of sp³-hybridized carbons (Fsp3) is 0.0357. The highest BCUT2D eigenvalue weighted by Gasteiger charge is 2.05. The van der Waals surface area contributed by atoms with Crippen LogP contribution < -0.4 is 0 Å². The molecule has 0 radical (unpaired) electrons. The summed E-state index contributed by atoms with van der Waals surface area (Å²) in [5, 5.41) is 14.8. The molecule has 0 heterocycles. The van der Waals surface area contributed by atoms with Gasteiger partial charge >= 0.3 is 0 Å². The van der Waals surface area contributed by atoms with Gasteiger partial charge in [-0.05, 0) is 199 Å². The molecule has 0 amide bonds. The molecule has 0 aliphatic carbocycles. The van der Waals surface area contributed by atoms with Gasteiger partial charge in [0.2, 0.25) is 0 Å². The van der Waals surface area contributed by atoms with E-state index in [0.717, 1.165) is 22.3 Å². The zero-order valence-corrected chi connectivity index (χ0v) is 31.3. The fourth-order valence-corrected chi connectivity index (χ4v) is 7.65. The first-order chi connectivity index (χ1) is 27.4. The van der Waals surface area contributed by atoms with Crippen molar-refractivity contribution >= 4 is 76.8 Å². The third-order valence-corrected chi connectivity index (χ3v) is 10.8. The van der Waals surface area contributed by atoms with E-state index in [2.05, 4.69) is 220 Å². The highest BCUT2D eigenvalue weighted by Crippen LogP contribution is 2.31. The van der Waals surface area contributed by atoms with Crippen molar-refractivity contribution in [3.05, 3.63) is 214 Å². The molecule has 0 unspecified atom stereocenters. The Kier molecular flexibility index (Phi) is 8.18. The summed E-state index contributed by atoms with van der Waals surface area (Å²) in [6.45, 7) is 4.19. The molecule has 10 rings (SSSR count). The second kappa shape index (κ2) is 13.8. The molecule has 0 aliphatic rings. The van der Waals surface area contributed by atoms with E-state index < -0.39 is 0 Å². The maximum absolute atomic E-state index is 3.35. The predicted molar refractivity (Wildman–Crippen MR) is 241 cm³/mol. The van der Waals surface area contributed by atoms with Crippen LogP contribution in [0, 0.1) is 37.5 Å². The van der Waals surface area contributed by atoms with Gasteiger partial charge in [0.25, 0.3) is 0 Å². The second-order valence-corrected chi connectivity index (χ2v) is 15.0. The summed E-state index contributed by atoms with van der Waals surface area (Å²) in [6.07, 6.45) is 4.44. The number of hydrogen-bond acceptors (Lipinski definition) is 0. The van der Waals surface area contributed by atoms with Crippen LogP contribution in [-0.2, 0) is 0 Å². The van der Waals surface area contributed by atoms with Gasteiger partial charge in [0.15, 0.2) is 0 Å². The van der Waals surface area contributed by atoms with Gasteiger partial charge in [0, 0.05) is 22.3 Å². The van der Waals surface area contributed by atoms with Crippen molar-refractivity contribution in [3.8, 4) is 23.7 Å². The summed E-state index contributed by atoms with van der Waals surface area (Å²) in [5.74, 6) is 13.3. The molecule has 0 spiro atoms. The van der Waals surface area contributed by atoms with Crippen molar-refractivity contribution in [1.82, 2.24) is 0 Å². The molecular weight excluding hydrogens is 673 g/mol. The summed E-state index contributed by atoms with van der Waals surface area (Å²) < 4.78 is 0. The smallest absolute Gasteiger partial charge is 0.0255 e. The minimum absolute atomic E-state index is 1.03. The molecule has 0 bridgehead atoms. The third-order valence-electron chi connectivity index (χ3n) is 10.8. The van der Waals surface area contributed by atoms with E-state index in [1.54, 1.807) is 0 Å². The van der Waals surface area contributed by atoms with Crippen LogP contribution in [0.15, 0.2) is 170 Å². The maximum Gasteiger partial charge on any atom is 0.0255 e. The Bertz CT molecular complexity index is 3120. The molecule has 0 N–H and O–H groups in total. The minimum atomic E-state index is 1.03.